The van der Waals surface area contributed by atoms with E-state index in [0.717, 1.165) is 5.56 Å². The van der Waals surface area contributed by atoms with Gasteiger partial charge in [-0.1, -0.05) is 29.3 Å². The molecule has 2 aromatic carbocycles. The third-order valence-corrected chi connectivity index (χ3v) is 6.44. The average Bonchev–Trinajstić information content (AvgIpc) is 2.75. The Morgan fingerprint density at radius 2 is 1.81 bits per heavy atom. The van der Waals surface area contributed by atoms with Gasteiger partial charge in [0.1, 0.15) is 11.4 Å². The molecule has 0 unspecified atom stereocenters. The standard InChI is InChI=1S/C23H23Cl2NO5/c1-29-19-4-3-14(9-20(19)30-2)10-21(28)26-7-5-23(6-8-26)13-18(27)16-11-15(24)12-17(25)22(16)31-23/h3-4,9,11-12H,5-8,10,13H2,1-2H3. The lowest BCUT2D eigenvalue weighted by Crippen LogP contribution is -2.52. The topological polar surface area (TPSA) is 65.1 Å². The van der Waals surface area contributed by atoms with Gasteiger partial charge in [-0.3, -0.25) is 9.59 Å². The molecule has 0 aliphatic carbocycles. The van der Waals surface area contributed by atoms with Gasteiger partial charge in [0.25, 0.3) is 0 Å². The number of likely N-dealkylation sites (tertiary alicyclic amines) is 1. The molecule has 2 heterocycles. The van der Waals surface area contributed by atoms with E-state index in [9.17, 15) is 9.59 Å². The highest BCUT2D eigenvalue weighted by molar-refractivity contribution is 6.36. The van der Waals surface area contributed by atoms with E-state index >= 15 is 0 Å². The van der Waals surface area contributed by atoms with Gasteiger partial charge in [-0.05, 0) is 29.8 Å². The summed E-state index contributed by atoms with van der Waals surface area (Å²) < 4.78 is 16.8. The molecule has 0 N–H and O–H groups in total. The van der Waals surface area contributed by atoms with Gasteiger partial charge in [0.15, 0.2) is 17.3 Å². The molecule has 0 atom stereocenters. The molecule has 2 aliphatic rings. The van der Waals surface area contributed by atoms with Crippen molar-refractivity contribution in [3.63, 3.8) is 0 Å². The summed E-state index contributed by atoms with van der Waals surface area (Å²) in [6.07, 6.45) is 1.65. The molecule has 2 aromatic rings. The number of hydrogen-bond acceptors (Lipinski definition) is 5. The van der Waals surface area contributed by atoms with Crippen molar-refractivity contribution in [1.29, 1.82) is 0 Å². The predicted octanol–water partition coefficient (Wildman–Crippen LogP) is 4.58. The number of benzene rings is 2. The average molecular weight is 464 g/mol. The van der Waals surface area contributed by atoms with Gasteiger partial charge >= 0.3 is 0 Å². The van der Waals surface area contributed by atoms with Gasteiger partial charge in [-0.25, -0.2) is 0 Å². The minimum Gasteiger partial charge on any atom is -0.493 e. The summed E-state index contributed by atoms with van der Waals surface area (Å²) in [7, 11) is 3.14. The monoisotopic (exact) mass is 463 g/mol. The smallest absolute Gasteiger partial charge is 0.226 e. The van der Waals surface area contributed by atoms with Crippen LogP contribution in [0.5, 0.6) is 17.2 Å². The van der Waals surface area contributed by atoms with Gasteiger partial charge in [-0.15, -0.1) is 0 Å². The molecule has 6 nitrogen and oxygen atoms in total. The van der Waals surface area contributed by atoms with E-state index in [4.69, 9.17) is 37.4 Å². The van der Waals surface area contributed by atoms with Crippen molar-refractivity contribution >= 4 is 34.9 Å². The van der Waals surface area contributed by atoms with Crippen LogP contribution in [0, 0.1) is 0 Å². The Balaban J connectivity index is 1.43. The summed E-state index contributed by atoms with van der Waals surface area (Å²) in [4.78, 5) is 27.4. The molecule has 0 bridgehead atoms. The number of amides is 1. The fourth-order valence-corrected chi connectivity index (χ4v) is 4.76. The second kappa shape index (κ2) is 8.60. The van der Waals surface area contributed by atoms with Crippen LogP contribution in [-0.2, 0) is 11.2 Å². The second-order valence-corrected chi connectivity index (χ2v) is 8.74. The van der Waals surface area contributed by atoms with Gasteiger partial charge in [0.2, 0.25) is 5.91 Å². The Morgan fingerprint density at radius 1 is 1.10 bits per heavy atom. The summed E-state index contributed by atoms with van der Waals surface area (Å²) in [5, 5.41) is 0.745. The highest BCUT2D eigenvalue weighted by atomic mass is 35.5. The van der Waals surface area contributed by atoms with E-state index in [1.807, 2.05) is 17.0 Å². The lowest BCUT2D eigenvalue weighted by Gasteiger charge is -2.44. The molecule has 1 amide bonds. The maximum atomic E-state index is 12.9. The van der Waals surface area contributed by atoms with Gasteiger partial charge in [-0.2, -0.15) is 0 Å². The van der Waals surface area contributed by atoms with Crippen molar-refractivity contribution in [2.75, 3.05) is 27.3 Å². The van der Waals surface area contributed by atoms with Crippen molar-refractivity contribution in [2.24, 2.45) is 0 Å². The largest absolute Gasteiger partial charge is 0.493 e. The number of ether oxygens (including phenoxy) is 3. The van der Waals surface area contributed by atoms with E-state index < -0.39 is 5.60 Å². The van der Waals surface area contributed by atoms with Gasteiger partial charge in [0, 0.05) is 31.0 Å². The normalized spacial score (nSPS) is 17.2. The summed E-state index contributed by atoms with van der Waals surface area (Å²) >= 11 is 12.3. The summed E-state index contributed by atoms with van der Waals surface area (Å²) in [5.41, 5.74) is 0.640. The zero-order valence-corrected chi connectivity index (χ0v) is 18.9. The maximum Gasteiger partial charge on any atom is 0.226 e. The molecule has 0 aromatic heterocycles. The molecule has 1 fully saturated rings. The minimum atomic E-state index is -0.637. The van der Waals surface area contributed by atoms with E-state index in [-0.39, 0.29) is 24.5 Å². The Morgan fingerprint density at radius 3 is 2.48 bits per heavy atom. The van der Waals surface area contributed by atoms with Crippen LogP contribution < -0.4 is 14.2 Å². The van der Waals surface area contributed by atoms with Crippen LogP contribution in [0.4, 0.5) is 0 Å². The first-order chi connectivity index (χ1) is 14.8. The second-order valence-electron chi connectivity index (χ2n) is 7.90. The molecule has 2 aliphatic heterocycles. The number of hydrogen-bond donors (Lipinski definition) is 0. The van der Waals surface area contributed by atoms with Crippen molar-refractivity contribution in [3.8, 4) is 17.2 Å². The van der Waals surface area contributed by atoms with Crippen LogP contribution in [0.2, 0.25) is 10.0 Å². The molecule has 4 rings (SSSR count). The van der Waals surface area contributed by atoms with Crippen LogP contribution >= 0.6 is 23.2 Å². The van der Waals surface area contributed by atoms with Crippen LogP contribution in [0.25, 0.3) is 0 Å². The van der Waals surface area contributed by atoms with Crippen LogP contribution in [0.3, 0.4) is 0 Å². The lowest BCUT2D eigenvalue weighted by atomic mass is 9.82. The number of Topliss-reactive ketones (excluding diaryl/α,β-unsaturated/α-hetero) is 1. The fraction of sp³-hybridized carbons (Fsp3) is 0.391. The number of halogens is 2. The molecule has 164 valence electrons. The Kier molecular flexibility index (Phi) is 6.04. The first kappa shape index (κ1) is 21.8. The Bertz CT molecular complexity index is 1030. The lowest BCUT2D eigenvalue weighted by molar-refractivity contribution is -0.134. The zero-order valence-electron chi connectivity index (χ0n) is 17.4. The van der Waals surface area contributed by atoms with E-state index in [1.54, 1.807) is 32.4 Å². The molecule has 8 heteroatoms. The number of ketones is 1. The number of nitrogens with zero attached hydrogens (tertiary/aromatic N) is 1. The van der Waals surface area contributed by atoms with E-state index in [2.05, 4.69) is 0 Å². The quantitative estimate of drug-likeness (QED) is 0.663. The van der Waals surface area contributed by atoms with Crippen molar-refractivity contribution in [1.82, 2.24) is 4.90 Å². The zero-order chi connectivity index (χ0) is 22.2. The van der Waals surface area contributed by atoms with E-state index in [1.165, 1.54) is 0 Å². The minimum absolute atomic E-state index is 0.0226. The van der Waals surface area contributed by atoms with Crippen LogP contribution in [0.15, 0.2) is 30.3 Å². The van der Waals surface area contributed by atoms with Crippen molar-refractivity contribution < 1.29 is 23.8 Å². The van der Waals surface area contributed by atoms with E-state index in [0.29, 0.717) is 58.8 Å². The number of methoxy groups -OCH3 is 2. The highest BCUT2D eigenvalue weighted by Gasteiger charge is 2.44. The van der Waals surface area contributed by atoms with Gasteiger partial charge in [0.05, 0.1) is 37.6 Å². The van der Waals surface area contributed by atoms with Crippen LogP contribution in [-0.4, -0.2) is 49.5 Å². The number of carbonyl (C=O) groups excluding carboxylic acids is 2. The fourth-order valence-electron chi connectivity index (χ4n) is 4.23. The Hall–Kier alpha value is -2.44. The number of piperidine rings is 1. The molecule has 0 saturated carbocycles. The van der Waals surface area contributed by atoms with Crippen molar-refractivity contribution in [2.45, 2.75) is 31.3 Å². The van der Waals surface area contributed by atoms with Crippen molar-refractivity contribution in [3.05, 3.63) is 51.5 Å². The molecular formula is C23H23Cl2NO5. The third-order valence-electron chi connectivity index (χ3n) is 5.94. The maximum absolute atomic E-state index is 12.9. The molecule has 1 spiro atoms. The molecule has 1 saturated heterocycles. The molecule has 31 heavy (non-hydrogen) atoms. The molecule has 0 radical (unpaired) electrons. The first-order valence-electron chi connectivity index (χ1n) is 10.0. The summed E-state index contributed by atoms with van der Waals surface area (Å²) in [5.74, 6) is 1.60. The highest BCUT2D eigenvalue weighted by Crippen LogP contribution is 2.44. The molecular weight excluding hydrogens is 441 g/mol. The summed E-state index contributed by atoms with van der Waals surface area (Å²) in [6, 6.07) is 8.64. The van der Waals surface area contributed by atoms with Gasteiger partial charge < -0.3 is 19.1 Å². The number of carbonyl (C=O) groups is 2. The predicted molar refractivity (Wildman–Crippen MR) is 118 cm³/mol. The Labute approximate surface area is 191 Å². The first-order valence-corrected chi connectivity index (χ1v) is 10.8. The third kappa shape index (κ3) is 4.32. The summed E-state index contributed by atoms with van der Waals surface area (Å²) in [6.45, 7) is 1.03. The number of fused-ring (bicyclic) bond motifs is 1. The number of rotatable bonds is 4. The van der Waals surface area contributed by atoms with Crippen LogP contribution in [0.1, 0.15) is 35.2 Å². The SMILES string of the molecule is COc1ccc(CC(=O)N2CCC3(CC2)CC(=O)c2cc(Cl)cc(Cl)c2O3)cc1OC.